The van der Waals surface area contributed by atoms with Gasteiger partial charge < -0.3 is 49.9 Å². The number of nitrogens with zero attached hydrogens (tertiary/aromatic N) is 1. The molecule has 1 atom stereocenters. The zero-order chi connectivity index (χ0) is 42.0. The minimum Gasteiger partial charge on any atom is -0.492 e. The van der Waals surface area contributed by atoms with Gasteiger partial charge in [0.1, 0.15) is 17.2 Å². The Hall–Kier alpha value is -4.38. The lowest BCUT2D eigenvalue weighted by Gasteiger charge is -2.24. The summed E-state index contributed by atoms with van der Waals surface area (Å²) in [5.41, 5.74) is -1.32. The van der Waals surface area contributed by atoms with Gasteiger partial charge in [0.2, 0.25) is 29.5 Å². The van der Waals surface area contributed by atoms with Crippen LogP contribution >= 0.6 is 0 Å². The molecule has 0 aliphatic heterocycles. The van der Waals surface area contributed by atoms with E-state index in [1.807, 2.05) is 20.8 Å². The summed E-state index contributed by atoms with van der Waals surface area (Å²) in [5, 5.41) is 27.4. The average molecular weight is 799 g/mol. The number of rotatable bonds is 29. The maximum Gasteiger partial charge on any atom is 0.333 e. The van der Waals surface area contributed by atoms with Gasteiger partial charge in [-0.05, 0) is 86.5 Å². The van der Waals surface area contributed by atoms with Crippen LogP contribution in [0.5, 0.6) is 11.8 Å². The lowest BCUT2D eigenvalue weighted by Crippen LogP contribution is -2.45. The topological polar surface area (TPSA) is 230 Å². The monoisotopic (exact) mass is 798 g/mol. The zero-order valence-corrected chi connectivity index (χ0v) is 34.2. The fourth-order valence-electron chi connectivity index (χ4n) is 4.91. The smallest absolute Gasteiger partial charge is 0.333 e. The molecule has 17 nitrogen and oxygen atoms in total. The van der Waals surface area contributed by atoms with Crippen molar-refractivity contribution in [3.8, 4) is 11.8 Å². The van der Waals surface area contributed by atoms with Crippen LogP contribution in [0.2, 0.25) is 0 Å². The molecule has 0 spiro atoms. The summed E-state index contributed by atoms with van der Waals surface area (Å²) in [5.74, 6) is -3.74. The van der Waals surface area contributed by atoms with Gasteiger partial charge in [-0.25, -0.2) is 9.59 Å². The van der Waals surface area contributed by atoms with Crippen molar-refractivity contribution in [1.82, 2.24) is 20.7 Å². The zero-order valence-electron chi connectivity index (χ0n) is 34.2. The molecular formula is C39H66N4O13. The second-order valence-corrected chi connectivity index (χ2v) is 15.3. The number of esters is 2. The van der Waals surface area contributed by atoms with Crippen LogP contribution in [0.4, 0.5) is 0 Å². The second kappa shape index (κ2) is 27.3. The van der Waals surface area contributed by atoms with Crippen LogP contribution in [0, 0.1) is 0 Å². The van der Waals surface area contributed by atoms with Crippen molar-refractivity contribution in [3.05, 3.63) is 12.1 Å². The molecule has 320 valence electrons. The van der Waals surface area contributed by atoms with E-state index in [9.17, 15) is 39.0 Å². The Balaban J connectivity index is 2.07. The lowest BCUT2D eigenvalue weighted by atomic mass is 10.1. The van der Waals surface area contributed by atoms with Crippen LogP contribution in [0.15, 0.2) is 12.1 Å². The van der Waals surface area contributed by atoms with Gasteiger partial charge in [0.25, 0.3) is 0 Å². The molecule has 0 saturated heterocycles. The number of nitrogens with one attached hydrogen (secondary N) is 3. The van der Waals surface area contributed by atoms with E-state index < -0.39 is 46.8 Å². The standard InChI is InChI=1S/C39H66N4O13/c1-38(2,3)54-35(49)16-10-8-7-9-15-30(44)40-23-13-27-52-25-11-12-26-53-28-14-24-41-31(45)18-19-32(46)42-29(37(51)55-39(4,5)6)17-22-36(50)56-43-33(47)20-21-34(43)48/h20-21,29,47-48H,7-19,22-28H2,1-6H3,(H,40,44)(H,41,45)(H,42,46)/t29-/m0/s1. The van der Waals surface area contributed by atoms with Gasteiger partial charge in [0, 0.05) is 77.3 Å². The molecule has 1 aromatic rings. The molecule has 0 fully saturated rings. The third-order valence-electron chi connectivity index (χ3n) is 7.59. The van der Waals surface area contributed by atoms with Crippen LogP contribution in [0.1, 0.15) is 131 Å². The van der Waals surface area contributed by atoms with E-state index >= 15 is 0 Å². The highest BCUT2D eigenvalue weighted by Gasteiger charge is 2.28. The molecule has 5 N–H and O–H groups in total. The van der Waals surface area contributed by atoms with Crippen molar-refractivity contribution in [2.45, 2.75) is 149 Å². The predicted molar refractivity (Wildman–Crippen MR) is 205 cm³/mol. The van der Waals surface area contributed by atoms with Crippen molar-refractivity contribution < 1.29 is 62.8 Å². The molecule has 1 heterocycles. The van der Waals surface area contributed by atoms with Crippen LogP contribution in [-0.2, 0) is 47.7 Å². The van der Waals surface area contributed by atoms with E-state index in [-0.39, 0.29) is 43.5 Å². The van der Waals surface area contributed by atoms with Crippen molar-refractivity contribution in [2.75, 3.05) is 39.5 Å². The Kier molecular flexibility index (Phi) is 24.2. The fraction of sp³-hybridized carbons (Fsp3) is 0.744. The molecule has 0 unspecified atom stereocenters. The lowest BCUT2D eigenvalue weighted by molar-refractivity contribution is -0.159. The highest BCUT2D eigenvalue weighted by molar-refractivity contribution is 5.87. The number of ether oxygens (including phenoxy) is 4. The number of aromatic hydroxyl groups is 2. The van der Waals surface area contributed by atoms with E-state index in [2.05, 4.69) is 16.0 Å². The minimum atomic E-state index is -1.20. The highest BCUT2D eigenvalue weighted by Crippen LogP contribution is 2.19. The summed E-state index contributed by atoms with van der Waals surface area (Å²) in [6.07, 6.45) is 6.33. The number of carbonyl (C=O) groups excluding carboxylic acids is 6. The number of hydrogen-bond acceptors (Lipinski definition) is 13. The first-order chi connectivity index (χ1) is 26.4. The highest BCUT2D eigenvalue weighted by atomic mass is 16.7. The van der Waals surface area contributed by atoms with Gasteiger partial charge in [-0.15, -0.1) is 4.73 Å². The Labute approximate surface area is 330 Å². The number of hydrogen-bond donors (Lipinski definition) is 5. The predicted octanol–water partition coefficient (Wildman–Crippen LogP) is 3.75. The summed E-state index contributed by atoms with van der Waals surface area (Å²) < 4.78 is 22.4. The van der Waals surface area contributed by atoms with Crippen LogP contribution < -0.4 is 20.8 Å². The second-order valence-electron chi connectivity index (χ2n) is 15.3. The largest absolute Gasteiger partial charge is 0.492 e. The molecular weight excluding hydrogens is 732 g/mol. The molecule has 0 aliphatic carbocycles. The molecule has 1 aromatic heterocycles. The SMILES string of the molecule is CC(C)(C)OC(=O)CCCCCCC(=O)NCCCOCCCCOCCCNC(=O)CCC(=O)N[C@@H](CCC(=O)On1c(O)ccc1O)C(=O)OC(C)(C)C. The summed E-state index contributed by atoms with van der Waals surface area (Å²) in [6, 6.07) is 1.04. The molecule has 3 amide bonds. The van der Waals surface area contributed by atoms with Crippen molar-refractivity contribution in [2.24, 2.45) is 0 Å². The number of unbranched alkanes of at least 4 members (excludes halogenated alkanes) is 4. The molecule has 0 aliphatic rings. The van der Waals surface area contributed by atoms with Crippen molar-refractivity contribution >= 4 is 35.6 Å². The molecule has 0 saturated carbocycles. The van der Waals surface area contributed by atoms with Crippen molar-refractivity contribution in [1.29, 1.82) is 0 Å². The molecule has 1 rings (SSSR count). The maximum atomic E-state index is 12.7. The Morgan fingerprint density at radius 3 is 1.61 bits per heavy atom. The fourth-order valence-corrected chi connectivity index (χ4v) is 4.91. The number of aromatic nitrogens is 1. The molecule has 0 aromatic carbocycles. The summed E-state index contributed by atoms with van der Waals surface area (Å²) >= 11 is 0. The van der Waals surface area contributed by atoms with Crippen LogP contribution in [0.25, 0.3) is 0 Å². The summed E-state index contributed by atoms with van der Waals surface area (Å²) in [6.45, 7) is 13.6. The first-order valence-corrected chi connectivity index (χ1v) is 19.6. The summed E-state index contributed by atoms with van der Waals surface area (Å²) in [4.78, 5) is 78.4. The Bertz CT molecular complexity index is 1330. The minimum absolute atomic E-state index is 0.0266. The van der Waals surface area contributed by atoms with Crippen LogP contribution in [0.3, 0.4) is 0 Å². The van der Waals surface area contributed by atoms with Gasteiger partial charge in [0.15, 0.2) is 0 Å². The molecule has 17 heteroatoms. The first kappa shape index (κ1) is 49.6. The van der Waals surface area contributed by atoms with E-state index in [4.69, 9.17) is 23.8 Å². The quantitative estimate of drug-likeness (QED) is 0.0575. The van der Waals surface area contributed by atoms with Gasteiger partial charge >= 0.3 is 17.9 Å². The average Bonchev–Trinajstić information content (AvgIpc) is 3.41. The molecule has 56 heavy (non-hydrogen) atoms. The third-order valence-corrected chi connectivity index (χ3v) is 7.59. The third kappa shape index (κ3) is 26.4. The summed E-state index contributed by atoms with van der Waals surface area (Å²) in [7, 11) is 0. The van der Waals surface area contributed by atoms with Crippen LogP contribution in [-0.4, -0.2) is 107 Å². The van der Waals surface area contributed by atoms with Gasteiger partial charge in [-0.3, -0.25) is 19.2 Å². The van der Waals surface area contributed by atoms with E-state index in [1.54, 1.807) is 20.8 Å². The van der Waals surface area contributed by atoms with Gasteiger partial charge in [0.05, 0.1) is 6.42 Å². The van der Waals surface area contributed by atoms with Crippen molar-refractivity contribution in [3.63, 3.8) is 0 Å². The molecule has 0 radical (unpaired) electrons. The first-order valence-electron chi connectivity index (χ1n) is 19.6. The van der Waals surface area contributed by atoms with Gasteiger partial charge in [-0.1, -0.05) is 12.8 Å². The van der Waals surface area contributed by atoms with E-state index in [0.29, 0.717) is 63.5 Å². The normalized spacial score (nSPS) is 12.0. The number of amides is 3. The van der Waals surface area contributed by atoms with Gasteiger partial charge in [-0.2, -0.15) is 0 Å². The van der Waals surface area contributed by atoms with E-state index in [0.717, 1.165) is 57.1 Å². The molecule has 0 bridgehead atoms. The van der Waals surface area contributed by atoms with E-state index in [1.165, 1.54) is 0 Å². The maximum absolute atomic E-state index is 12.7. The Morgan fingerprint density at radius 1 is 0.589 bits per heavy atom. The Morgan fingerprint density at radius 2 is 1.07 bits per heavy atom. The number of carbonyl (C=O) groups is 6.